The molecule has 6 heteroatoms. The summed E-state index contributed by atoms with van der Waals surface area (Å²) in [7, 11) is 2.21. The lowest BCUT2D eigenvalue weighted by Crippen LogP contribution is -3.26. The van der Waals surface area contributed by atoms with Crippen molar-refractivity contribution in [1.82, 2.24) is 0 Å². The minimum atomic E-state index is -0.210. The fourth-order valence-electron chi connectivity index (χ4n) is 4.42. The number of furan rings is 1. The van der Waals surface area contributed by atoms with Gasteiger partial charge in [0.05, 0.1) is 18.2 Å². The maximum absolute atomic E-state index is 13.3. The molecule has 1 fully saturated rings. The highest BCUT2D eigenvalue weighted by Gasteiger charge is 2.27. The maximum Gasteiger partial charge on any atom is 0.259 e. The molecule has 0 radical (unpaired) electrons. The lowest BCUT2D eigenvalue weighted by molar-refractivity contribution is -1.01. The Kier molecular flexibility index (Phi) is 6.03. The van der Waals surface area contributed by atoms with E-state index in [-0.39, 0.29) is 11.7 Å². The van der Waals surface area contributed by atoms with Crippen molar-refractivity contribution in [3.05, 3.63) is 58.8 Å². The number of rotatable bonds is 5. The smallest absolute Gasteiger partial charge is 0.259 e. The second-order valence-corrected chi connectivity index (χ2v) is 9.08. The van der Waals surface area contributed by atoms with Crippen molar-refractivity contribution in [1.29, 1.82) is 0 Å². The summed E-state index contributed by atoms with van der Waals surface area (Å²) in [5.74, 6) is 1.02. The van der Waals surface area contributed by atoms with Gasteiger partial charge in [-0.15, -0.1) is 0 Å². The molecule has 4 N–H and O–H groups in total. The van der Waals surface area contributed by atoms with E-state index < -0.39 is 0 Å². The zero-order valence-corrected chi connectivity index (χ0v) is 18.8. The van der Waals surface area contributed by atoms with E-state index in [1.807, 2.05) is 31.2 Å². The number of aryl methyl sites for hydroxylation is 1. The van der Waals surface area contributed by atoms with Gasteiger partial charge in [-0.05, 0) is 42.7 Å². The summed E-state index contributed by atoms with van der Waals surface area (Å²) in [6.07, 6.45) is 0. The molecule has 1 aliphatic rings. The number of amides is 1. The molecule has 164 valence electrons. The van der Waals surface area contributed by atoms with Crippen LogP contribution in [0.15, 0.2) is 40.8 Å². The molecule has 6 nitrogen and oxygen atoms in total. The predicted molar refractivity (Wildman–Crippen MR) is 122 cm³/mol. The van der Waals surface area contributed by atoms with Gasteiger partial charge < -0.3 is 24.6 Å². The zero-order chi connectivity index (χ0) is 22.1. The highest BCUT2D eigenvalue weighted by Crippen LogP contribution is 2.34. The van der Waals surface area contributed by atoms with Gasteiger partial charge in [0.25, 0.3) is 5.91 Å². The highest BCUT2D eigenvalue weighted by molar-refractivity contribution is 6.14. The van der Waals surface area contributed by atoms with Gasteiger partial charge in [0.1, 0.15) is 49.8 Å². The Balaban J connectivity index is 1.66. The molecule has 3 aromatic rings. The summed E-state index contributed by atoms with van der Waals surface area (Å²) in [4.78, 5) is 16.2. The maximum atomic E-state index is 13.3. The second-order valence-electron chi connectivity index (χ2n) is 9.08. The summed E-state index contributed by atoms with van der Waals surface area (Å²) in [5, 5.41) is 14.4. The number of likely N-dealkylation sites (N-methyl/N-ethyl adjacent to an activating group) is 1. The summed E-state index contributed by atoms with van der Waals surface area (Å²) in [6.45, 7) is 11.1. The molecule has 0 aliphatic carbocycles. The van der Waals surface area contributed by atoms with Crippen molar-refractivity contribution in [3.8, 4) is 5.75 Å². The molecule has 4 rings (SSSR count). The first-order valence-electron chi connectivity index (χ1n) is 11.1. The normalized spacial score (nSPS) is 19.1. The van der Waals surface area contributed by atoms with E-state index in [9.17, 15) is 9.90 Å². The Bertz CT molecular complexity index is 1080. The van der Waals surface area contributed by atoms with Crippen molar-refractivity contribution < 1.29 is 24.1 Å². The molecule has 31 heavy (non-hydrogen) atoms. The average molecular weight is 424 g/mol. The number of phenolic OH excluding ortho intramolecular Hbond substituents is 1. The molecule has 0 unspecified atom stereocenters. The van der Waals surface area contributed by atoms with Crippen LogP contribution in [0.25, 0.3) is 11.0 Å². The Morgan fingerprint density at radius 3 is 2.42 bits per heavy atom. The van der Waals surface area contributed by atoms with Crippen LogP contribution in [0, 0.1) is 6.92 Å². The Morgan fingerprint density at radius 1 is 1.10 bits per heavy atom. The molecule has 1 amide bonds. The molecule has 1 aromatic heterocycles. The molecule has 2 heterocycles. The molecular weight excluding hydrogens is 390 g/mol. The lowest BCUT2D eigenvalue weighted by atomic mass is 10.0. The van der Waals surface area contributed by atoms with Gasteiger partial charge >= 0.3 is 0 Å². The van der Waals surface area contributed by atoms with E-state index in [1.54, 1.807) is 12.1 Å². The Labute approximate surface area is 183 Å². The van der Waals surface area contributed by atoms with Crippen molar-refractivity contribution in [2.24, 2.45) is 0 Å². The van der Waals surface area contributed by atoms with Gasteiger partial charge in [-0.25, -0.2) is 0 Å². The van der Waals surface area contributed by atoms with Crippen molar-refractivity contribution in [2.45, 2.75) is 33.2 Å². The number of hydrogen-bond donors (Lipinski definition) is 4. The molecule has 2 aromatic carbocycles. The first-order valence-corrected chi connectivity index (χ1v) is 11.1. The Morgan fingerprint density at radius 2 is 1.77 bits per heavy atom. The standard InChI is InChI=1S/C25H31N3O3/c1-16(2)18-5-7-19(8-6-18)26-25(30)23-17(3)31-22-10-9-21(29)20(24(22)23)15-28-13-11-27(4)12-14-28/h5-10,16,29H,11-15H2,1-4H3,(H,26,30)/p+2. The lowest BCUT2D eigenvalue weighted by Gasteiger charge is -2.27. The number of carbonyl (C=O) groups is 1. The zero-order valence-electron chi connectivity index (χ0n) is 18.8. The number of carbonyl (C=O) groups excluding carboxylic acids is 1. The van der Waals surface area contributed by atoms with E-state index in [2.05, 4.69) is 26.2 Å². The van der Waals surface area contributed by atoms with Crippen LogP contribution in [0.1, 0.15) is 47.0 Å². The molecular formula is C25H33N3O3+2. The van der Waals surface area contributed by atoms with Crippen LogP contribution < -0.4 is 15.1 Å². The van der Waals surface area contributed by atoms with Crippen LogP contribution in [-0.2, 0) is 6.54 Å². The molecule has 1 aliphatic heterocycles. The number of nitrogens with one attached hydrogen (secondary N) is 3. The highest BCUT2D eigenvalue weighted by atomic mass is 16.3. The number of fused-ring (bicyclic) bond motifs is 1. The monoisotopic (exact) mass is 423 g/mol. The summed E-state index contributed by atoms with van der Waals surface area (Å²) in [6, 6.07) is 11.4. The van der Waals surface area contributed by atoms with Gasteiger partial charge in [0, 0.05) is 11.1 Å². The second kappa shape index (κ2) is 8.73. The molecule has 0 atom stereocenters. The topological polar surface area (TPSA) is 71.3 Å². The third-order valence-electron chi connectivity index (χ3n) is 6.41. The number of phenols is 1. The summed E-state index contributed by atoms with van der Waals surface area (Å²) in [5.41, 5.74) is 3.92. The van der Waals surface area contributed by atoms with Gasteiger partial charge in [0.2, 0.25) is 0 Å². The molecule has 0 saturated carbocycles. The number of aromatic hydroxyl groups is 1. The summed E-state index contributed by atoms with van der Waals surface area (Å²) >= 11 is 0. The average Bonchev–Trinajstić information content (AvgIpc) is 3.08. The van der Waals surface area contributed by atoms with E-state index in [0.717, 1.165) is 42.8 Å². The first-order chi connectivity index (χ1) is 14.8. The van der Waals surface area contributed by atoms with Gasteiger partial charge in [0.15, 0.2) is 0 Å². The number of quaternary nitrogens is 2. The third-order valence-corrected chi connectivity index (χ3v) is 6.41. The third kappa shape index (κ3) is 4.45. The van der Waals surface area contributed by atoms with Crippen LogP contribution in [0.3, 0.4) is 0 Å². The minimum Gasteiger partial charge on any atom is -0.507 e. The fraction of sp³-hybridized carbons (Fsp3) is 0.400. The number of benzene rings is 2. The van der Waals surface area contributed by atoms with Crippen molar-refractivity contribution in [2.75, 3.05) is 38.5 Å². The van der Waals surface area contributed by atoms with E-state index in [0.29, 0.717) is 29.4 Å². The molecule has 0 bridgehead atoms. The summed E-state index contributed by atoms with van der Waals surface area (Å²) < 4.78 is 5.93. The predicted octanol–water partition coefficient (Wildman–Crippen LogP) is 1.74. The van der Waals surface area contributed by atoms with E-state index >= 15 is 0 Å². The van der Waals surface area contributed by atoms with Gasteiger partial charge in [-0.3, -0.25) is 4.79 Å². The number of anilines is 1. The van der Waals surface area contributed by atoms with Crippen molar-refractivity contribution in [3.63, 3.8) is 0 Å². The quantitative estimate of drug-likeness (QED) is 0.505. The molecule has 0 spiro atoms. The first kappa shape index (κ1) is 21.4. The fourth-order valence-corrected chi connectivity index (χ4v) is 4.42. The Hall–Kier alpha value is -2.83. The van der Waals surface area contributed by atoms with Crippen LogP contribution in [0.4, 0.5) is 5.69 Å². The van der Waals surface area contributed by atoms with Crippen molar-refractivity contribution >= 4 is 22.6 Å². The van der Waals surface area contributed by atoms with Gasteiger partial charge in [-0.2, -0.15) is 0 Å². The van der Waals surface area contributed by atoms with Gasteiger partial charge in [-0.1, -0.05) is 26.0 Å². The van der Waals surface area contributed by atoms with Crippen LogP contribution in [0.2, 0.25) is 0 Å². The van der Waals surface area contributed by atoms with E-state index in [1.165, 1.54) is 15.4 Å². The largest absolute Gasteiger partial charge is 0.507 e. The SMILES string of the molecule is Cc1oc2ccc(O)c(C[NH+]3CC[NH+](C)CC3)c2c1C(=O)Nc1ccc(C(C)C)cc1. The van der Waals surface area contributed by atoms with Crippen LogP contribution in [-0.4, -0.2) is 44.2 Å². The van der Waals surface area contributed by atoms with Crippen LogP contribution >= 0.6 is 0 Å². The molecule has 1 saturated heterocycles. The number of hydrogen-bond acceptors (Lipinski definition) is 3. The van der Waals surface area contributed by atoms with Crippen LogP contribution in [0.5, 0.6) is 5.75 Å². The van der Waals surface area contributed by atoms with E-state index in [4.69, 9.17) is 4.42 Å². The minimum absolute atomic E-state index is 0.210. The number of piperazine rings is 1.